The van der Waals surface area contributed by atoms with Gasteiger partial charge in [0.2, 0.25) is 5.91 Å². The Labute approximate surface area is 132 Å². The van der Waals surface area contributed by atoms with Gasteiger partial charge in [-0.3, -0.25) is 4.79 Å². The van der Waals surface area contributed by atoms with Crippen LogP contribution < -0.4 is 10.2 Å². The second-order valence-corrected chi connectivity index (χ2v) is 5.85. The van der Waals surface area contributed by atoms with Crippen molar-refractivity contribution in [3.8, 4) is 0 Å². The smallest absolute Gasteiger partial charge is 0.239 e. The third kappa shape index (κ3) is 3.30. The highest BCUT2D eigenvalue weighted by Gasteiger charge is 2.19. The lowest BCUT2D eigenvalue weighted by molar-refractivity contribution is -0.120. The number of carbonyl (C=O) groups is 1. The van der Waals surface area contributed by atoms with E-state index < -0.39 is 0 Å². The van der Waals surface area contributed by atoms with Crippen LogP contribution in [0.15, 0.2) is 54.6 Å². The van der Waals surface area contributed by atoms with Crippen LogP contribution in [0, 0.1) is 0 Å². The predicted molar refractivity (Wildman–Crippen MR) is 90.0 cm³/mol. The minimum atomic E-state index is 0.0359. The first-order valence-electron chi connectivity index (χ1n) is 7.91. The second kappa shape index (κ2) is 6.65. The predicted octanol–water partition coefficient (Wildman–Crippen LogP) is 3.32. The number of fused-ring (bicyclic) bond motifs is 1. The third-order valence-electron chi connectivity index (χ3n) is 4.22. The molecule has 0 spiro atoms. The summed E-state index contributed by atoms with van der Waals surface area (Å²) in [6.07, 6.45) is 2.22. The minimum absolute atomic E-state index is 0.0359. The molecule has 0 bridgehead atoms. The summed E-state index contributed by atoms with van der Waals surface area (Å²) in [6, 6.07) is 18.5. The van der Waals surface area contributed by atoms with Crippen LogP contribution in [0.25, 0.3) is 0 Å². The number of nitrogens with zero attached hydrogens (tertiary/aromatic N) is 1. The zero-order chi connectivity index (χ0) is 15.4. The Morgan fingerprint density at radius 3 is 2.68 bits per heavy atom. The fourth-order valence-corrected chi connectivity index (χ4v) is 3.06. The number of hydrogen-bond donors (Lipinski definition) is 1. The number of para-hydroxylation sites is 1. The fraction of sp³-hybridized carbons (Fsp3) is 0.316. The van der Waals surface area contributed by atoms with E-state index in [9.17, 15) is 4.79 Å². The summed E-state index contributed by atoms with van der Waals surface area (Å²) in [5.74, 6) is 0.0769. The molecule has 0 aliphatic carbocycles. The average molecular weight is 294 g/mol. The molecule has 0 saturated carbocycles. The molecule has 114 valence electrons. The van der Waals surface area contributed by atoms with Crippen LogP contribution in [0.4, 0.5) is 5.69 Å². The molecule has 2 aromatic carbocycles. The Kier molecular flexibility index (Phi) is 4.42. The summed E-state index contributed by atoms with van der Waals surface area (Å²) in [5.41, 5.74) is 3.68. The average Bonchev–Trinajstić information content (AvgIpc) is 2.56. The zero-order valence-electron chi connectivity index (χ0n) is 13.0. The van der Waals surface area contributed by atoms with Crippen LogP contribution >= 0.6 is 0 Å². The van der Waals surface area contributed by atoms with Crippen molar-refractivity contribution in [2.45, 2.75) is 25.8 Å². The maximum absolute atomic E-state index is 12.4. The Balaban J connectivity index is 1.63. The summed E-state index contributed by atoms with van der Waals surface area (Å²) in [6.45, 7) is 3.40. The minimum Gasteiger partial charge on any atom is -0.362 e. The van der Waals surface area contributed by atoms with E-state index >= 15 is 0 Å². The number of amides is 1. The summed E-state index contributed by atoms with van der Waals surface area (Å²) in [4.78, 5) is 14.5. The normalized spacial score (nSPS) is 15.0. The van der Waals surface area contributed by atoms with Gasteiger partial charge < -0.3 is 10.2 Å². The van der Waals surface area contributed by atoms with Gasteiger partial charge in [-0.25, -0.2) is 0 Å². The highest BCUT2D eigenvalue weighted by Crippen LogP contribution is 2.26. The quantitative estimate of drug-likeness (QED) is 0.938. The van der Waals surface area contributed by atoms with Crippen molar-refractivity contribution in [3.63, 3.8) is 0 Å². The maximum Gasteiger partial charge on any atom is 0.239 e. The van der Waals surface area contributed by atoms with Gasteiger partial charge in [-0.15, -0.1) is 0 Å². The van der Waals surface area contributed by atoms with Crippen LogP contribution in [-0.4, -0.2) is 19.0 Å². The summed E-state index contributed by atoms with van der Waals surface area (Å²) < 4.78 is 0. The van der Waals surface area contributed by atoms with E-state index in [1.54, 1.807) is 0 Å². The van der Waals surface area contributed by atoms with Crippen LogP contribution in [0.3, 0.4) is 0 Å². The van der Waals surface area contributed by atoms with Gasteiger partial charge in [0.05, 0.1) is 12.6 Å². The molecule has 1 aliphatic rings. The van der Waals surface area contributed by atoms with Crippen molar-refractivity contribution in [2.24, 2.45) is 0 Å². The molecule has 0 aromatic heterocycles. The van der Waals surface area contributed by atoms with Gasteiger partial charge in [-0.2, -0.15) is 0 Å². The van der Waals surface area contributed by atoms with Crippen molar-refractivity contribution in [1.29, 1.82) is 0 Å². The van der Waals surface area contributed by atoms with Crippen molar-refractivity contribution in [3.05, 3.63) is 65.7 Å². The largest absolute Gasteiger partial charge is 0.362 e. The number of anilines is 1. The summed E-state index contributed by atoms with van der Waals surface area (Å²) in [5, 5.41) is 3.09. The van der Waals surface area contributed by atoms with Crippen LogP contribution in [0.5, 0.6) is 0 Å². The van der Waals surface area contributed by atoms with E-state index in [2.05, 4.69) is 28.4 Å². The molecule has 0 fully saturated rings. The van der Waals surface area contributed by atoms with E-state index in [0.29, 0.717) is 6.54 Å². The van der Waals surface area contributed by atoms with Gasteiger partial charge in [0.15, 0.2) is 0 Å². The first-order valence-corrected chi connectivity index (χ1v) is 7.91. The number of aryl methyl sites for hydroxylation is 1. The number of hydrogen-bond acceptors (Lipinski definition) is 2. The lowest BCUT2D eigenvalue weighted by Gasteiger charge is -2.31. The number of benzene rings is 2. The topological polar surface area (TPSA) is 32.3 Å². The molecule has 22 heavy (non-hydrogen) atoms. The Morgan fingerprint density at radius 1 is 1.14 bits per heavy atom. The van der Waals surface area contributed by atoms with Crippen LogP contribution in [0.1, 0.15) is 30.5 Å². The maximum atomic E-state index is 12.4. The third-order valence-corrected chi connectivity index (χ3v) is 4.22. The van der Waals surface area contributed by atoms with Gasteiger partial charge in [-0.1, -0.05) is 48.5 Å². The molecule has 0 saturated heterocycles. The van der Waals surface area contributed by atoms with E-state index in [-0.39, 0.29) is 11.9 Å². The number of nitrogens with one attached hydrogen (secondary N) is 1. The van der Waals surface area contributed by atoms with E-state index in [0.717, 1.165) is 24.9 Å². The van der Waals surface area contributed by atoms with Gasteiger partial charge in [0.25, 0.3) is 0 Å². The number of carbonyl (C=O) groups excluding carboxylic acids is 1. The van der Waals surface area contributed by atoms with Gasteiger partial charge in [-0.05, 0) is 37.0 Å². The Morgan fingerprint density at radius 2 is 1.86 bits per heavy atom. The van der Waals surface area contributed by atoms with Gasteiger partial charge in [0.1, 0.15) is 0 Å². The standard InChI is InChI=1S/C19H22N2O/c1-15(16-8-3-2-4-9-16)20-19(22)14-21-13-7-11-17-10-5-6-12-18(17)21/h2-6,8-10,12,15H,7,11,13-14H2,1H3,(H,20,22)/t15-/m1/s1. The highest BCUT2D eigenvalue weighted by atomic mass is 16.2. The molecule has 1 atom stereocenters. The molecule has 0 unspecified atom stereocenters. The zero-order valence-corrected chi connectivity index (χ0v) is 13.0. The molecule has 3 heteroatoms. The second-order valence-electron chi connectivity index (χ2n) is 5.85. The van der Waals surface area contributed by atoms with Gasteiger partial charge in [0, 0.05) is 12.2 Å². The van der Waals surface area contributed by atoms with Crippen molar-refractivity contribution in [1.82, 2.24) is 5.32 Å². The van der Waals surface area contributed by atoms with Crippen LogP contribution in [0.2, 0.25) is 0 Å². The summed E-state index contributed by atoms with van der Waals surface area (Å²) in [7, 11) is 0. The monoisotopic (exact) mass is 294 g/mol. The van der Waals surface area contributed by atoms with Crippen molar-refractivity contribution < 1.29 is 4.79 Å². The van der Waals surface area contributed by atoms with E-state index in [4.69, 9.17) is 0 Å². The molecular weight excluding hydrogens is 272 g/mol. The molecule has 3 nitrogen and oxygen atoms in total. The Hall–Kier alpha value is -2.29. The summed E-state index contributed by atoms with van der Waals surface area (Å²) >= 11 is 0. The molecule has 1 amide bonds. The first-order chi connectivity index (χ1) is 10.7. The lowest BCUT2D eigenvalue weighted by Crippen LogP contribution is -2.40. The Bertz CT molecular complexity index is 639. The molecular formula is C19H22N2O. The molecule has 1 heterocycles. The van der Waals surface area contributed by atoms with Crippen molar-refractivity contribution >= 4 is 11.6 Å². The lowest BCUT2D eigenvalue weighted by atomic mass is 10.0. The molecule has 1 N–H and O–H groups in total. The molecule has 2 aromatic rings. The fourth-order valence-electron chi connectivity index (χ4n) is 3.06. The van der Waals surface area contributed by atoms with Crippen molar-refractivity contribution in [2.75, 3.05) is 18.0 Å². The highest BCUT2D eigenvalue weighted by molar-refractivity contribution is 5.82. The molecule has 0 radical (unpaired) electrons. The SMILES string of the molecule is C[C@@H](NC(=O)CN1CCCc2ccccc21)c1ccccc1. The van der Waals surface area contributed by atoms with E-state index in [1.165, 1.54) is 11.3 Å². The first kappa shape index (κ1) is 14.6. The number of rotatable bonds is 4. The molecule has 1 aliphatic heterocycles. The van der Waals surface area contributed by atoms with E-state index in [1.807, 2.05) is 43.3 Å². The molecule has 3 rings (SSSR count). The van der Waals surface area contributed by atoms with Gasteiger partial charge >= 0.3 is 0 Å². The van der Waals surface area contributed by atoms with Crippen LogP contribution in [-0.2, 0) is 11.2 Å².